The molecule has 0 spiro atoms. The van der Waals surface area contributed by atoms with Crippen LogP contribution in [-0.4, -0.2) is 38.4 Å². The van der Waals surface area contributed by atoms with Gasteiger partial charge in [0, 0.05) is 37.7 Å². The quantitative estimate of drug-likeness (QED) is 0.339. The van der Waals surface area contributed by atoms with Gasteiger partial charge >= 0.3 is 5.69 Å². The first-order valence-electron chi connectivity index (χ1n) is 15.7. The van der Waals surface area contributed by atoms with Crippen molar-refractivity contribution in [2.45, 2.75) is 103 Å². The van der Waals surface area contributed by atoms with Crippen molar-refractivity contribution in [2.75, 3.05) is 18.5 Å². The molecule has 6 rings (SSSR count). The van der Waals surface area contributed by atoms with Gasteiger partial charge in [-0.25, -0.2) is 14.8 Å². The SMILES string of the molecule is Cc1cc(C)cc(-n2c(-c3ccnc(N[C@H]4CC[C@H](C5CCCCCC5)CC4)n3)cn(C3CCOCC3)c2=O)c1. The maximum Gasteiger partial charge on any atom is 0.333 e. The molecular formula is C33H45N5O2. The first-order chi connectivity index (χ1) is 19.5. The van der Waals surface area contributed by atoms with Crippen LogP contribution < -0.4 is 11.0 Å². The van der Waals surface area contributed by atoms with Gasteiger partial charge in [0.2, 0.25) is 5.95 Å². The van der Waals surface area contributed by atoms with Crippen LogP contribution in [0, 0.1) is 25.7 Å². The third kappa shape index (κ3) is 6.04. The molecule has 0 bridgehead atoms. The predicted octanol–water partition coefficient (Wildman–Crippen LogP) is 7.01. The zero-order valence-corrected chi connectivity index (χ0v) is 24.3. The van der Waals surface area contributed by atoms with Gasteiger partial charge in [-0.1, -0.05) is 44.6 Å². The number of imidazole rings is 1. The topological polar surface area (TPSA) is 74.0 Å². The van der Waals surface area contributed by atoms with Gasteiger partial charge in [0.05, 0.1) is 17.1 Å². The summed E-state index contributed by atoms with van der Waals surface area (Å²) in [6, 6.07) is 8.77. The zero-order chi connectivity index (χ0) is 27.5. The van der Waals surface area contributed by atoms with Crippen LogP contribution in [-0.2, 0) is 4.74 Å². The summed E-state index contributed by atoms with van der Waals surface area (Å²) in [5.41, 5.74) is 4.72. The molecule has 2 saturated carbocycles. The summed E-state index contributed by atoms with van der Waals surface area (Å²) in [6.07, 6.45) is 19.1. The Morgan fingerprint density at radius 1 is 0.850 bits per heavy atom. The number of rotatable bonds is 6. The fraction of sp³-hybridized carbons (Fsp3) is 0.606. The predicted molar refractivity (Wildman–Crippen MR) is 160 cm³/mol. The number of ether oxygens (including phenoxy) is 1. The summed E-state index contributed by atoms with van der Waals surface area (Å²) in [5.74, 6) is 2.49. The Hall–Kier alpha value is -2.93. The summed E-state index contributed by atoms with van der Waals surface area (Å²) in [7, 11) is 0. The van der Waals surface area contributed by atoms with Gasteiger partial charge in [-0.05, 0) is 93.5 Å². The van der Waals surface area contributed by atoms with E-state index in [1.165, 1.54) is 64.2 Å². The first kappa shape index (κ1) is 27.3. The van der Waals surface area contributed by atoms with Crippen molar-refractivity contribution in [3.05, 3.63) is 58.3 Å². The molecular weight excluding hydrogens is 498 g/mol. The van der Waals surface area contributed by atoms with Crippen LogP contribution in [0.5, 0.6) is 0 Å². The Morgan fingerprint density at radius 3 is 2.23 bits per heavy atom. The van der Waals surface area contributed by atoms with Crippen LogP contribution in [0.4, 0.5) is 5.95 Å². The normalized spacial score (nSPS) is 23.1. The molecule has 2 aromatic heterocycles. The second kappa shape index (κ2) is 12.3. The molecule has 0 unspecified atom stereocenters. The highest BCUT2D eigenvalue weighted by molar-refractivity contribution is 5.59. The standard InChI is InChI=1S/C33H45N5O2/c1-23-19-24(2)21-29(20-23)38-31(22-37(33(38)39)28-14-17-40-18-15-28)30-13-16-34-32(36-30)35-27-11-9-26(10-12-27)25-7-5-3-4-6-8-25/h13,16,19-22,25-28H,3-12,14-15,17-18H2,1-2H3,(H,34,35,36)/t26-,27-. The van der Waals surface area contributed by atoms with Crippen molar-refractivity contribution < 1.29 is 4.74 Å². The van der Waals surface area contributed by atoms with Crippen molar-refractivity contribution in [1.29, 1.82) is 0 Å². The second-order valence-electron chi connectivity index (χ2n) is 12.5. The molecule has 0 amide bonds. The largest absolute Gasteiger partial charge is 0.381 e. The van der Waals surface area contributed by atoms with E-state index in [4.69, 9.17) is 9.72 Å². The maximum absolute atomic E-state index is 13.9. The second-order valence-corrected chi connectivity index (χ2v) is 12.5. The number of nitrogens with one attached hydrogen (secondary N) is 1. The molecule has 1 aromatic carbocycles. The molecule has 7 heteroatoms. The van der Waals surface area contributed by atoms with Crippen molar-refractivity contribution >= 4 is 5.95 Å². The lowest BCUT2D eigenvalue weighted by Crippen LogP contribution is -2.30. The Balaban J connectivity index is 1.25. The Morgan fingerprint density at radius 2 is 1.52 bits per heavy atom. The Bertz CT molecular complexity index is 1320. The lowest BCUT2D eigenvalue weighted by Gasteiger charge is -2.34. The Kier molecular flexibility index (Phi) is 8.38. The lowest BCUT2D eigenvalue weighted by atomic mass is 9.75. The minimum atomic E-state index is -0.0168. The average Bonchev–Trinajstić information content (AvgIpc) is 3.10. The smallest absolute Gasteiger partial charge is 0.333 e. The fourth-order valence-electron chi connectivity index (χ4n) is 7.47. The Labute approximate surface area is 238 Å². The minimum absolute atomic E-state index is 0.0168. The third-order valence-corrected chi connectivity index (χ3v) is 9.55. The molecule has 7 nitrogen and oxygen atoms in total. The van der Waals surface area contributed by atoms with Crippen LogP contribution in [0.25, 0.3) is 17.1 Å². The van der Waals surface area contributed by atoms with Gasteiger partial charge in [0.15, 0.2) is 0 Å². The van der Waals surface area contributed by atoms with E-state index < -0.39 is 0 Å². The number of aryl methyl sites for hydroxylation is 2. The molecule has 3 aliphatic rings. The van der Waals surface area contributed by atoms with E-state index in [0.29, 0.717) is 25.2 Å². The number of anilines is 1. The fourth-order valence-corrected chi connectivity index (χ4v) is 7.47. The molecule has 0 radical (unpaired) electrons. The van der Waals surface area contributed by atoms with Crippen LogP contribution >= 0.6 is 0 Å². The molecule has 0 atom stereocenters. The molecule has 3 fully saturated rings. The molecule has 1 aliphatic heterocycles. The summed E-state index contributed by atoms with van der Waals surface area (Å²) >= 11 is 0. The van der Waals surface area contributed by atoms with E-state index in [1.54, 1.807) is 0 Å². The highest BCUT2D eigenvalue weighted by atomic mass is 16.5. The van der Waals surface area contributed by atoms with Crippen molar-refractivity contribution in [1.82, 2.24) is 19.1 Å². The molecule has 1 saturated heterocycles. The highest BCUT2D eigenvalue weighted by Crippen LogP contribution is 2.38. The van der Waals surface area contributed by atoms with Crippen molar-refractivity contribution in [3.8, 4) is 17.1 Å². The number of benzene rings is 1. The van der Waals surface area contributed by atoms with Gasteiger partial charge in [-0.2, -0.15) is 0 Å². The number of hydrogen-bond acceptors (Lipinski definition) is 5. The summed E-state index contributed by atoms with van der Waals surface area (Å²) < 4.78 is 9.32. The maximum atomic E-state index is 13.9. The number of hydrogen-bond donors (Lipinski definition) is 1. The van der Waals surface area contributed by atoms with Crippen LogP contribution in [0.15, 0.2) is 41.5 Å². The van der Waals surface area contributed by atoms with Gasteiger partial charge in [-0.15, -0.1) is 0 Å². The third-order valence-electron chi connectivity index (χ3n) is 9.55. The van der Waals surface area contributed by atoms with Gasteiger partial charge in [-0.3, -0.25) is 9.13 Å². The van der Waals surface area contributed by atoms with E-state index in [1.807, 2.05) is 27.6 Å². The van der Waals surface area contributed by atoms with Crippen molar-refractivity contribution in [3.63, 3.8) is 0 Å². The lowest BCUT2D eigenvalue weighted by molar-refractivity contribution is 0.0686. The first-order valence-corrected chi connectivity index (χ1v) is 15.7. The van der Waals surface area contributed by atoms with Gasteiger partial charge in [0.1, 0.15) is 0 Å². The zero-order valence-electron chi connectivity index (χ0n) is 24.3. The van der Waals surface area contributed by atoms with E-state index in [9.17, 15) is 4.79 Å². The molecule has 3 aromatic rings. The van der Waals surface area contributed by atoms with Crippen molar-refractivity contribution in [2.24, 2.45) is 11.8 Å². The van der Waals surface area contributed by atoms with E-state index in [0.717, 1.165) is 52.9 Å². The monoisotopic (exact) mass is 543 g/mol. The van der Waals surface area contributed by atoms with Gasteiger partial charge in [0.25, 0.3) is 0 Å². The molecule has 214 valence electrons. The average molecular weight is 544 g/mol. The highest BCUT2D eigenvalue weighted by Gasteiger charge is 2.29. The van der Waals surface area contributed by atoms with Crippen LogP contribution in [0.1, 0.15) is 94.2 Å². The van der Waals surface area contributed by atoms with Gasteiger partial charge < -0.3 is 10.1 Å². The molecule has 40 heavy (non-hydrogen) atoms. The minimum Gasteiger partial charge on any atom is -0.381 e. The molecule has 3 heterocycles. The molecule has 1 N–H and O–H groups in total. The van der Waals surface area contributed by atoms with E-state index in [-0.39, 0.29) is 11.7 Å². The van der Waals surface area contributed by atoms with Crippen LogP contribution in [0.3, 0.4) is 0 Å². The van der Waals surface area contributed by atoms with E-state index >= 15 is 0 Å². The summed E-state index contributed by atoms with van der Waals surface area (Å²) in [4.78, 5) is 23.5. The van der Waals surface area contributed by atoms with E-state index in [2.05, 4.69) is 42.3 Å². The number of aromatic nitrogens is 4. The summed E-state index contributed by atoms with van der Waals surface area (Å²) in [5, 5.41) is 3.66. The van der Waals surface area contributed by atoms with Crippen LogP contribution in [0.2, 0.25) is 0 Å². The number of nitrogens with zero attached hydrogens (tertiary/aromatic N) is 4. The molecule has 2 aliphatic carbocycles. The summed E-state index contributed by atoms with van der Waals surface area (Å²) in [6.45, 7) is 5.53.